The van der Waals surface area contributed by atoms with Crippen molar-refractivity contribution in [3.05, 3.63) is 29.0 Å². The summed E-state index contributed by atoms with van der Waals surface area (Å²) in [5.41, 5.74) is 1.81. The van der Waals surface area contributed by atoms with Gasteiger partial charge in [-0.2, -0.15) is 0 Å². The van der Waals surface area contributed by atoms with E-state index in [1.165, 1.54) is 11.3 Å². The van der Waals surface area contributed by atoms with Crippen LogP contribution >= 0.6 is 27.3 Å². The summed E-state index contributed by atoms with van der Waals surface area (Å²) < 4.78 is 1.81. The molecule has 11 heteroatoms. The quantitative estimate of drug-likeness (QED) is 0.392. The highest BCUT2D eigenvalue weighted by atomic mass is 79.9. The van der Waals surface area contributed by atoms with Gasteiger partial charge in [0, 0.05) is 41.6 Å². The maximum absolute atomic E-state index is 11.8. The molecule has 34 heavy (non-hydrogen) atoms. The Morgan fingerprint density at radius 2 is 2.00 bits per heavy atom. The van der Waals surface area contributed by atoms with E-state index in [1.54, 1.807) is 12.4 Å². The highest BCUT2D eigenvalue weighted by molar-refractivity contribution is 9.10. The number of carbonyl (C=O) groups excluding carboxylic acids is 1. The Labute approximate surface area is 210 Å². The van der Waals surface area contributed by atoms with Crippen molar-refractivity contribution < 1.29 is 14.7 Å². The molecule has 4 rings (SSSR count). The van der Waals surface area contributed by atoms with Crippen LogP contribution in [-0.4, -0.2) is 51.2 Å². The molecule has 0 bridgehead atoms. The molecular formula is C23H27BrN6O3S. The van der Waals surface area contributed by atoms with Gasteiger partial charge >= 0.3 is 12.0 Å². The average Bonchev–Trinajstić information content (AvgIpc) is 3.22. The number of hydrogen-bond donors (Lipinski definition) is 3. The number of halogens is 1. The molecule has 1 aliphatic rings. The molecular weight excluding hydrogens is 520 g/mol. The summed E-state index contributed by atoms with van der Waals surface area (Å²) in [4.78, 5) is 39.4. The second kappa shape index (κ2) is 9.83. The van der Waals surface area contributed by atoms with Gasteiger partial charge in [0.15, 0.2) is 5.13 Å². The number of nitrogens with one attached hydrogen (secondary N) is 2. The van der Waals surface area contributed by atoms with Crippen molar-refractivity contribution in [2.24, 2.45) is 5.41 Å². The number of aromatic nitrogens is 3. The zero-order valence-corrected chi connectivity index (χ0v) is 21.7. The molecule has 3 heterocycles. The molecule has 2 unspecified atom stereocenters. The number of urea groups is 1. The van der Waals surface area contributed by atoms with E-state index in [-0.39, 0.29) is 12.1 Å². The van der Waals surface area contributed by atoms with E-state index in [1.807, 2.05) is 26.0 Å². The monoisotopic (exact) mass is 546 g/mol. The van der Waals surface area contributed by atoms with Crippen LogP contribution in [-0.2, 0) is 4.79 Å². The second-order valence-corrected chi connectivity index (χ2v) is 10.5. The third kappa shape index (κ3) is 4.85. The lowest BCUT2D eigenvalue weighted by atomic mass is 9.76. The summed E-state index contributed by atoms with van der Waals surface area (Å²) in [6, 6.07) is 3.74. The molecule has 0 saturated carbocycles. The summed E-state index contributed by atoms with van der Waals surface area (Å²) in [6.45, 7) is 6.89. The molecule has 0 aliphatic carbocycles. The van der Waals surface area contributed by atoms with Crippen LogP contribution in [0.25, 0.3) is 21.3 Å². The minimum atomic E-state index is -0.741. The number of carboxylic acids is 1. The summed E-state index contributed by atoms with van der Waals surface area (Å²) in [5, 5.41) is 15.6. The molecule has 180 valence electrons. The van der Waals surface area contributed by atoms with Crippen LogP contribution < -0.4 is 15.5 Å². The first-order valence-electron chi connectivity index (χ1n) is 11.2. The Hall–Kier alpha value is -2.79. The predicted molar refractivity (Wildman–Crippen MR) is 137 cm³/mol. The Balaban J connectivity index is 1.56. The van der Waals surface area contributed by atoms with Crippen LogP contribution in [0.3, 0.4) is 0 Å². The Bertz CT molecular complexity index is 1220. The maximum atomic E-state index is 11.8. The number of rotatable bonds is 6. The zero-order chi connectivity index (χ0) is 24.5. The summed E-state index contributed by atoms with van der Waals surface area (Å²) in [5.74, 6) is -0.125. The number of piperidine rings is 1. The van der Waals surface area contributed by atoms with Gasteiger partial charge in [0.1, 0.15) is 0 Å². The first-order chi connectivity index (χ1) is 16.2. The number of fused-ring (bicyclic) bond motifs is 1. The topological polar surface area (TPSA) is 120 Å². The summed E-state index contributed by atoms with van der Waals surface area (Å²) in [7, 11) is 0. The molecule has 1 saturated heterocycles. The van der Waals surface area contributed by atoms with E-state index in [0.717, 1.165) is 32.2 Å². The lowest BCUT2D eigenvalue weighted by Gasteiger charge is -2.42. The number of aliphatic carboxylic acids is 1. The molecule has 2 amide bonds. The summed E-state index contributed by atoms with van der Waals surface area (Å²) in [6.07, 6.45) is 5.53. The molecule has 1 aliphatic heterocycles. The van der Waals surface area contributed by atoms with Crippen molar-refractivity contribution in [3.63, 3.8) is 0 Å². The fourth-order valence-electron chi connectivity index (χ4n) is 4.24. The molecule has 2 atom stereocenters. The SMILES string of the molecule is CCNC(=O)Nc1nc2cc(-c3cnc(N4CCC(C)(C(=O)O)CC4CC)nc3)cc(Br)c2s1. The summed E-state index contributed by atoms with van der Waals surface area (Å²) >= 11 is 5.01. The molecule has 3 aromatic rings. The van der Waals surface area contributed by atoms with Gasteiger partial charge in [-0.1, -0.05) is 18.3 Å². The molecule has 2 aromatic heterocycles. The number of carboxylic acid groups (broad SMARTS) is 1. The van der Waals surface area contributed by atoms with E-state index in [9.17, 15) is 14.7 Å². The molecule has 0 radical (unpaired) electrons. The van der Waals surface area contributed by atoms with Crippen LogP contribution in [0.4, 0.5) is 15.9 Å². The normalized spacial score (nSPS) is 20.4. The second-order valence-electron chi connectivity index (χ2n) is 8.66. The van der Waals surface area contributed by atoms with Gasteiger partial charge in [-0.05, 0) is 66.7 Å². The maximum Gasteiger partial charge on any atom is 0.321 e. The number of hydrogen-bond acceptors (Lipinski definition) is 7. The molecule has 3 N–H and O–H groups in total. The van der Waals surface area contributed by atoms with E-state index < -0.39 is 11.4 Å². The Morgan fingerprint density at radius 3 is 2.65 bits per heavy atom. The number of nitrogens with zero attached hydrogens (tertiary/aromatic N) is 4. The standard InChI is InChI=1S/C23H27BrN6O3S/c1-4-15-10-23(3,19(31)32)6-7-30(15)20-26-11-14(12-27-20)13-8-16(24)18-17(9-13)28-22(34-18)29-21(33)25-5-2/h8-9,11-12,15H,4-7,10H2,1-3H3,(H,31,32)(H2,25,28,29,33). The number of anilines is 2. The van der Waals surface area contributed by atoms with Crippen molar-refractivity contribution in [3.8, 4) is 11.1 Å². The fraction of sp³-hybridized carbons (Fsp3) is 0.435. The minimum Gasteiger partial charge on any atom is -0.481 e. The van der Waals surface area contributed by atoms with Gasteiger partial charge in [0.25, 0.3) is 0 Å². The zero-order valence-electron chi connectivity index (χ0n) is 19.3. The van der Waals surface area contributed by atoms with Gasteiger partial charge in [-0.3, -0.25) is 10.1 Å². The van der Waals surface area contributed by atoms with E-state index in [4.69, 9.17) is 0 Å². The van der Waals surface area contributed by atoms with E-state index in [0.29, 0.717) is 37.0 Å². The smallest absolute Gasteiger partial charge is 0.321 e. The predicted octanol–water partition coefficient (Wildman–Crippen LogP) is 5.13. The Morgan fingerprint density at radius 1 is 1.26 bits per heavy atom. The lowest BCUT2D eigenvalue weighted by Crippen LogP contribution is -2.49. The molecule has 1 aromatic carbocycles. The molecule has 9 nitrogen and oxygen atoms in total. The largest absolute Gasteiger partial charge is 0.481 e. The van der Waals surface area contributed by atoms with Gasteiger partial charge in [-0.25, -0.2) is 19.7 Å². The third-order valence-corrected chi connectivity index (χ3v) is 8.16. The van der Waals surface area contributed by atoms with E-state index >= 15 is 0 Å². The van der Waals surface area contributed by atoms with Crippen LogP contribution in [0, 0.1) is 5.41 Å². The third-order valence-electron chi connectivity index (χ3n) is 6.25. The van der Waals surface area contributed by atoms with Gasteiger partial charge in [-0.15, -0.1) is 0 Å². The van der Waals surface area contributed by atoms with Crippen molar-refractivity contribution in [1.82, 2.24) is 20.3 Å². The fourth-order valence-corrected chi connectivity index (χ4v) is 5.78. The Kier molecular flexibility index (Phi) is 7.04. The first-order valence-corrected chi connectivity index (χ1v) is 12.8. The van der Waals surface area contributed by atoms with Crippen LogP contribution in [0.1, 0.15) is 40.0 Å². The average molecular weight is 547 g/mol. The number of amides is 2. The number of carbonyl (C=O) groups is 2. The van der Waals surface area contributed by atoms with Crippen LogP contribution in [0.2, 0.25) is 0 Å². The van der Waals surface area contributed by atoms with Crippen molar-refractivity contribution >= 4 is 60.6 Å². The van der Waals surface area contributed by atoms with Crippen molar-refractivity contribution in [1.29, 1.82) is 0 Å². The van der Waals surface area contributed by atoms with E-state index in [2.05, 4.69) is 53.3 Å². The van der Waals surface area contributed by atoms with Crippen molar-refractivity contribution in [2.75, 3.05) is 23.3 Å². The first kappa shape index (κ1) is 24.3. The highest BCUT2D eigenvalue weighted by Gasteiger charge is 2.41. The van der Waals surface area contributed by atoms with Gasteiger partial charge < -0.3 is 15.3 Å². The molecule has 1 fully saturated rings. The van der Waals surface area contributed by atoms with Crippen LogP contribution in [0.15, 0.2) is 29.0 Å². The molecule has 0 spiro atoms. The van der Waals surface area contributed by atoms with Gasteiger partial charge in [0.2, 0.25) is 5.95 Å². The minimum absolute atomic E-state index is 0.0806. The highest BCUT2D eigenvalue weighted by Crippen LogP contribution is 2.38. The number of benzene rings is 1. The van der Waals surface area contributed by atoms with Crippen molar-refractivity contribution in [2.45, 2.75) is 46.1 Å². The number of thiazole rings is 1. The van der Waals surface area contributed by atoms with Crippen LogP contribution in [0.5, 0.6) is 0 Å². The van der Waals surface area contributed by atoms with Gasteiger partial charge in [0.05, 0.1) is 15.6 Å². The lowest BCUT2D eigenvalue weighted by molar-refractivity contribution is -0.149.